The summed E-state index contributed by atoms with van der Waals surface area (Å²) in [6.45, 7) is 8.41. The third kappa shape index (κ3) is 3.84. The number of thiophene rings is 1. The molecule has 0 atom stereocenters. The Labute approximate surface area is 189 Å². The van der Waals surface area contributed by atoms with Crippen LogP contribution in [0.15, 0.2) is 5.16 Å². The van der Waals surface area contributed by atoms with Gasteiger partial charge in [0.05, 0.1) is 42.2 Å². The monoisotopic (exact) mass is 461 g/mol. The fourth-order valence-corrected chi connectivity index (χ4v) is 5.73. The van der Waals surface area contributed by atoms with Crippen LogP contribution in [0.4, 0.5) is 11.6 Å². The molecule has 0 unspecified atom stereocenters. The minimum absolute atomic E-state index is 0.0470. The molecule has 2 N–H and O–H groups in total. The van der Waals surface area contributed by atoms with Crippen molar-refractivity contribution < 1.29 is 14.6 Å². The SMILES string of the molecule is CSc1nc(NCCO)c2sc3nc(N4CCOCC4)c4c(c3c2n1)CC(C)(C)OC4. The maximum Gasteiger partial charge on any atom is 0.189 e. The van der Waals surface area contributed by atoms with Crippen LogP contribution in [0.25, 0.3) is 20.4 Å². The van der Waals surface area contributed by atoms with Gasteiger partial charge < -0.3 is 24.8 Å². The Morgan fingerprint density at radius 1 is 1.19 bits per heavy atom. The number of nitrogens with one attached hydrogen (secondary N) is 1. The fourth-order valence-electron chi connectivity index (χ4n) is 4.26. The fraction of sp³-hybridized carbons (Fsp3) is 0.571. The quantitative estimate of drug-likeness (QED) is 0.439. The van der Waals surface area contributed by atoms with Gasteiger partial charge in [-0.2, -0.15) is 0 Å². The molecule has 10 heteroatoms. The molecule has 0 aliphatic carbocycles. The molecule has 0 saturated carbocycles. The van der Waals surface area contributed by atoms with Crippen molar-refractivity contribution in [2.24, 2.45) is 0 Å². The molecule has 2 aliphatic rings. The number of morpholine rings is 1. The molecule has 0 spiro atoms. The molecule has 0 aromatic carbocycles. The van der Waals surface area contributed by atoms with Crippen molar-refractivity contribution in [2.75, 3.05) is 55.9 Å². The molecule has 5 rings (SSSR count). The largest absolute Gasteiger partial charge is 0.395 e. The van der Waals surface area contributed by atoms with E-state index < -0.39 is 0 Å². The van der Waals surface area contributed by atoms with Gasteiger partial charge in [-0.15, -0.1) is 11.3 Å². The van der Waals surface area contributed by atoms with E-state index in [0.29, 0.717) is 31.5 Å². The van der Waals surface area contributed by atoms with E-state index in [4.69, 9.17) is 19.4 Å². The lowest BCUT2D eigenvalue weighted by Gasteiger charge is -2.36. The predicted octanol–water partition coefficient (Wildman–Crippen LogP) is 3.05. The number of pyridine rings is 1. The van der Waals surface area contributed by atoms with Crippen LogP contribution in [0.3, 0.4) is 0 Å². The van der Waals surface area contributed by atoms with Gasteiger partial charge in [0.2, 0.25) is 0 Å². The normalized spacial score (nSPS) is 18.5. The van der Waals surface area contributed by atoms with Crippen molar-refractivity contribution in [1.29, 1.82) is 0 Å². The first kappa shape index (κ1) is 21.1. The van der Waals surface area contributed by atoms with Crippen molar-refractivity contribution >= 4 is 55.2 Å². The third-order valence-electron chi connectivity index (χ3n) is 5.75. The molecule has 3 aromatic rings. The number of aliphatic hydroxyl groups is 1. The van der Waals surface area contributed by atoms with Gasteiger partial charge >= 0.3 is 0 Å². The first-order chi connectivity index (χ1) is 15.0. The van der Waals surface area contributed by atoms with E-state index >= 15 is 0 Å². The van der Waals surface area contributed by atoms with Crippen molar-refractivity contribution in [2.45, 2.75) is 37.6 Å². The highest BCUT2D eigenvalue weighted by molar-refractivity contribution is 7.98. The molecule has 0 amide bonds. The average Bonchev–Trinajstić information content (AvgIpc) is 3.15. The number of anilines is 2. The molecule has 31 heavy (non-hydrogen) atoms. The van der Waals surface area contributed by atoms with Gasteiger partial charge in [0.15, 0.2) is 5.16 Å². The van der Waals surface area contributed by atoms with Crippen molar-refractivity contribution in [3.8, 4) is 0 Å². The minimum atomic E-state index is -0.245. The van der Waals surface area contributed by atoms with Gasteiger partial charge in [-0.3, -0.25) is 0 Å². The first-order valence-corrected chi connectivity index (χ1v) is 12.6. The Morgan fingerprint density at radius 2 is 2.00 bits per heavy atom. The van der Waals surface area contributed by atoms with E-state index in [1.165, 1.54) is 22.9 Å². The summed E-state index contributed by atoms with van der Waals surface area (Å²) in [4.78, 5) is 18.0. The molecule has 3 aromatic heterocycles. The van der Waals surface area contributed by atoms with Crippen LogP contribution in [0, 0.1) is 0 Å². The molecule has 1 fully saturated rings. The summed E-state index contributed by atoms with van der Waals surface area (Å²) in [6, 6.07) is 0. The van der Waals surface area contributed by atoms with Crippen LogP contribution >= 0.6 is 23.1 Å². The first-order valence-electron chi connectivity index (χ1n) is 10.5. The smallest absolute Gasteiger partial charge is 0.189 e. The number of nitrogens with zero attached hydrogens (tertiary/aromatic N) is 4. The summed E-state index contributed by atoms with van der Waals surface area (Å²) in [5, 5.41) is 14.4. The van der Waals surface area contributed by atoms with Crippen molar-refractivity contribution in [1.82, 2.24) is 15.0 Å². The standard InChI is InChI=1S/C21H27N5O3S2/c1-21(2)10-12-13(11-29-21)18(26-5-8-28-9-6-26)25-19-14(12)15-16(31-19)17(22-4-7-27)24-20(23-15)30-3/h27H,4-11H2,1-3H3,(H,22,23,24). The number of aliphatic hydroxyl groups excluding tert-OH is 1. The molecule has 1 saturated heterocycles. The van der Waals surface area contributed by atoms with Gasteiger partial charge in [0.1, 0.15) is 16.5 Å². The molecule has 166 valence electrons. The highest BCUT2D eigenvalue weighted by atomic mass is 32.2. The van der Waals surface area contributed by atoms with Gasteiger partial charge in [-0.05, 0) is 25.7 Å². The van der Waals surface area contributed by atoms with E-state index in [2.05, 4.69) is 29.0 Å². The van der Waals surface area contributed by atoms with Crippen LogP contribution in [0.1, 0.15) is 25.0 Å². The van der Waals surface area contributed by atoms with Crippen LogP contribution in [0.5, 0.6) is 0 Å². The lowest BCUT2D eigenvalue weighted by atomic mass is 9.90. The van der Waals surface area contributed by atoms with Gasteiger partial charge in [-0.1, -0.05) is 11.8 Å². The lowest BCUT2D eigenvalue weighted by molar-refractivity contribution is -0.0396. The zero-order chi connectivity index (χ0) is 21.6. The number of hydrogen-bond acceptors (Lipinski definition) is 10. The lowest BCUT2D eigenvalue weighted by Crippen LogP contribution is -2.39. The maximum absolute atomic E-state index is 9.31. The predicted molar refractivity (Wildman–Crippen MR) is 126 cm³/mol. The molecular weight excluding hydrogens is 434 g/mol. The topological polar surface area (TPSA) is 92.6 Å². The van der Waals surface area contributed by atoms with Gasteiger partial charge in [0, 0.05) is 37.0 Å². The number of rotatable bonds is 5. The molecular formula is C21H27N5O3S2. The highest BCUT2D eigenvalue weighted by Crippen LogP contribution is 2.44. The Morgan fingerprint density at radius 3 is 2.74 bits per heavy atom. The van der Waals surface area contributed by atoms with Crippen LogP contribution < -0.4 is 10.2 Å². The number of fused-ring (bicyclic) bond motifs is 5. The van der Waals surface area contributed by atoms with E-state index in [1.807, 2.05) is 6.26 Å². The van der Waals surface area contributed by atoms with Crippen molar-refractivity contribution in [3.63, 3.8) is 0 Å². The molecule has 8 nitrogen and oxygen atoms in total. The second-order valence-corrected chi connectivity index (χ2v) is 10.2. The van der Waals surface area contributed by atoms with Crippen molar-refractivity contribution in [3.05, 3.63) is 11.1 Å². The minimum Gasteiger partial charge on any atom is -0.395 e. The summed E-state index contributed by atoms with van der Waals surface area (Å²) < 4.78 is 12.8. The van der Waals surface area contributed by atoms with Crippen LogP contribution in [-0.2, 0) is 22.5 Å². The van der Waals surface area contributed by atoms with E-state index in [1.54, 1.807) is 11.3 Å². The third-order valence-corrected chi connectivity index (χ3v) is 7.37. The number of aromatic nitrogens is 3. The second-order valence-electron chi connectivity index (χ2n) is 8.39. The van der Waals surface area contributed by atoms with E-state index in [0.717, 1.165) is 51.6 Å². The molecule has 0 bridgehead atoms. The number of thioether (sulfide) groups is 1. The van der Waals surface area contributed by atoms with E-state index in [9.17, 15) is 5.11 Å². The van der Waals surface area contributed by atoms with Crippen LogP contribution in [0.2, 0.25) is 0 Å². The molecule has 0 radical (unpaired) electrons. The Balaban J connectivity index is 1.78. The number of ether oxygens (including phenoxy) is 2. The summed E-state index contributed by atoms with van der Waals surface area (Å²) >= 11 is 3.14. The molecule has 5 heterocycles. The number of hydrogen-bond donors (Lipinski definition) is 2. The average molecular weight is 462 g/mol. The second kappa shape index (κ2) is 8.32. The van der Waals surface area contributed by atoms with Gasteiger partial charge in [0.25, 0.3) is 0 Å². The summed E-state index contributed by atoms with van der Waals surface area (Å²) in [6.07, 6.45) is 2.79. The summed E-state index contributed by atoms with van der Waals surface area (Å²) in [5.41, 5.74) is 3.15. The Hall–Kier alpha value is -1.72. The summed E-state index contributed by atoms with van der Waals surface area (Å²) in [7, 11) is 0. The summed E-state index contributed by atoms with van der Waals surface area (Å²) in [5.74, 6) is 1.77. The Kier molecular flexibility index (Phi) is 5.68. The zero-order valence-corrected chi connectivity index (χ0v) is 19.7. The van der Waals surface area contributed by atoms with Crippen LogP contribution in [-0.4, -0.2) is 71.4 Å². The Bertz CT molecular complexity index is 1130. The van der Waals surface area contributed by atoms with E-state index in [-0.39, 0.29) is 12.2 Å². The zero-order valence-electron chi connectivity index (χ0n) is 18.0. The highest BCUT2D eigenvalue weighted by Gasteiger charge is 2.33. The molecule has 2 aliphatic heterocycles. The maximum atomic E-state index is 9.31. The van der Waals surface area contributed by atoms with Gasteiger partial charge in [-0.25, -0.2) is 15.0 Å².